The molecule has 0 aliphatic rings. The first-order valence-electron chi connectivity index (χ1n) is 8.80. The summed E-state index contributed by atoms with van der Waals surface area (Å²) in [6, 6.07) is 2.91. The molecule has 0 radical (unpaired) electrons. The average molecular weight is 386 g/mol. The number of aromatic nitrogens is 3. The van der Waals surface area contributed by atoms with Crippen LogP contribution in [0.2, 0.25) is 0 Å². The minimum atomic E-state index is -0.725. The molecule has 10 nitrogen and oxygen atoms in total. The summed E-state index contributed by atoms with van der Waals surface area (Å²) in [5.41, 5.74) is 11.5. The molecule has 2 heterocycles. The Hall–Kier alpha value is -3.43. The van der Waals surface area contributed by atoms with Gasteiger partial charge in [-0.25, -0.2) is 15.0 Å². The lowest BCUT2D eigenvalue weighted by molar-refractivity contribution is -0.119. The number of rotatable bonds is 9. The SMILES string of the molecule is CC(C)CC(Nc1cnc(C(N)=O)c(Nc2ccnc(N(C)C)c2)n1)C(N)=O. The number of nitrogens with zero attached hydrogens (tertiary/aromatic N) is 4. The number of nitrogens with one attached hydrogen (secondary N) is 2. The number of carbonyl (C=O) groups excluding carboxylic acids is 2. The highest BCUT2D eigenvalue weighted by molar-refractivity contribution is 5.96. The molecule has 28 heavy (non-hydrogen) atoms. The minimum Gasteiger partial charge on any atom is -0.368 e. The van der Waals surface area contributed by atoms with Gasteiger partial charge in [-0.15, -0.1) is 0 Å². The highest BCUT2D eigenvalue weighted by Crippen LogP contribution is 2.22. The number of hydrogen-bond acceptors (Lipinski definition) is 8. The fourth-order valence-corrected chi connectivity index (χ4v) is 2.50. The molecule has 1 unspecified atom stereocenters. The van der Waals surface area contributed by atoms with E-state index in [1.807, 2.05) is 32.8 Å². The van der Waals surface area contributed by atoms with Crippen molar-refractivity contribution < 1.29 is 9.59 Å². The number of carbonyl (C=O) groups is 2. The van der Waals surface area contributed by atoms with Crippen molar-refractivity contribution in [1.82, 2.24) is 15.0 Å². The van der Waals surface area contributed by atoms with Crippen molar-refractivity contribution in [3.05, 3.63) is 30.2 Å². The van der Waals surface area contributed by atoms with E-state index < -0.39 is 17.9 Å². The number of amides is 2. The summed E-state index contributed by atoms with van der Waals surface area (Å²) in [6.07, 6.45) is 3.51. The van der Waals surface area contributed by atoms with Gasteiger partial charge in [-0.1, -0.05) is 13.8 Å². The first kappa shape index (κ1) is 20.9. The van der Waals surface area contributed by atoms with Crippen LogP contribution in [0.15, 0.2) is 24.5 Å². The lowest BCUT2D eigenvalue weighted by Crippen LogP contribution is -2.37. The van der Waals surface area contributed by atoms with Crippen LogP contribution in [-0.2, 0) is 4.79 Å². The molecule has 6 N–H and O–H groups in total. The molecule has 0 fully saturated rings. The minimum absolute atomic E-state index is 0.0201. The van der Waals surface area contributed by atoms with Crippen molar-refractivity contribution in [1.29, 1.82) is 0 Å². The summed E-state index contributed by atoms with van der Waals surface area (Å²) < 4.78 is 0. The van der Waals surface area contributed by atoms with Gasteiger partial charge in [-0.3, -0.25) is 9.59 Å². The number of anilines is 4. The molecule has 0 aliphatic carbocycles. The highest BCUT2D eigenvalue weighted by Gasteiger charge is 2.19. The van der Waals surface area contributed by atoms with Crippen molar-refractivity contribution in [2.45, 2.75) is 26.3 Å². The quantitative estimate of drug-likeness (QED) is 0.500. The summed E-state index contributed by atoms with van der Waals surface area (Å²) in [5.74, 6) is 0.228. The number of hydrogen-bond donors (Lipinski definition) is 4. The Morgan fingerprint density at radius 2 is 1.93 bits per heavy atom. The van der Waals surface area contributed by atoms with Gasteiger partial charge in [0.2, 0.25) is 5.91 Å². The van der Waals surface area contributed by atoms with E-state index in [0.717, 1.165) is 5.82 Å². The van der Waals surface area contributed by atoms with Crippen LogP contribution >= 0.6 is 0 Å². The second-order valence-electron chi connectivity index (χ2n) is 6.97. The van der Waals surface area contributed by atoms with Crippen LogP contribution in [-0.4, -0.2) is 46.9 Å². The first-order chi connectivity index (χ1) is 13.2. The maximum Gasteiger partial charge on any atom is 0.271 e. The van der Waals surface area contributed by atoms with E-state index >= 15 is 0 Å². The van der Waals surface area contributed by atoms with Crippen LogP contribution in [0, 0.1) is 5.92 Å². The first-order valence-corrected chi connectivity index (χ1v) is 8.80. The Balaban J connectivity index is 2.34. The smallest absolute Gasteiger partial charge is 0.271 e. The fourth-order valence-electron chi connectivity index (χ4n) is 2.50. The van der Waals surface area contributed by atoms with E-state index in [2.05, 4.69) is 25.6 Å². The van der Waals surface area contributed by atoms with Crippen LogP contribution in [0.5, 0.6) is 0 Å². The highest BCUT2D eigenvalue weighted by atomic mass is 16.1. The molecular weight excluding hydrogens is 360 g/mol. The van der Waals surface area contributed by atoms with Crippen LogP contribution in [0.1, 0.15) is 30.8 Å². The summed E-state index contributed by atoms with van der Waals surface area (Å²) in [7, 11) is 3.73. The normalized spacial score (nSPS) is 11.8. The summed E-state index contributed by atoms with van der Waals surface area (Å²) in [4.78, 5) is 38.0. The zero-order valence-corrected chi connectivity index (χ0v) is 16.4. The van der Waals surface area contributed by atoms with Crippen molar-refractivity contribution >= 4 is 35.0 Å². The van der Waals surface area contributed by atoms with Gasteiger partial charge >= 0.3 is 0 Å². The van der Waals surface area contributed by atoms with Crippen LogP contribution in [0.3, 0.4) is 0 Å². The molecule has 0 aromatic carbocycles. The van der Waals surface area contributed by atoms with Gasteiger partial charge in [0.25, 0.3) is 5.91 Å². The molecule has 0 saturated heterocycles. The van der Waals surface area contributed by atoms with E-state index in [-0.39, 0.29) is 17.4 Å². The standard InChI is InChI=1S/C18H26N8O2/c1-10(2)7-12(16(19)27)24-13-9-22-15(17(20)28)18(25-13)23-11-5-6-21-14(8-11)26(3)4/h5-6,8-10,12H,7H2,1-4H3,(H2,19,27)(H2,20,28)(H2,21,23,24,25). The molecule has 2 rings (SSSR count). The van der Waals surface area contributed by atoms with Gasteiger partial charge in [-0.05, 0) is 18.4 Å². The van der Waals surface area contributed by atoms with E-state index in [9.17, 15) is 9.59 Å². The molecule has 0 aliphatic heterocycles. The molecule has 0 spiro atoms. The molecule has 2 aromatic rings. The second-order valence-corrected chi connectivity index (χ2v) is 6.97. The van der Waals surface area contributed by atoms with Gasteiger partial charge in [0, 0.05) is 32.0 Å². The van der Waals surface area contributed by atoms with Crippen LogP contribution in [0.4, 0.5) is 23.1 Å². The molecule has 2 amide bonds. The van der Waals surface area contributed by atoms with E-state index in [0.29, 0.717) is 17.9 Å². The zero-order valence-electron chi connectivity index (χ0n) is 16.4. The van der Waals surface area contributed by atoms with E-state index in [1.165, 1.54) is 6.20 Å². The van der Waals surface area contributed by atoms with Gasteiger partial charge in [0.1, 0.15) is 17.7 Å². The fraction of sp³-hybridized carbons (Fsp3) is 0.389. The van der Waals surface area contributed by atoms with Gasteiger partial charge in [0.15, 0.2) is 11.5 Å². The predicted octanol–water partition coefficient (Wildman–Crippen LogP) is 1.09. The zero-order chi connectivity index (χ0) is 20.8. The van der Waals surface area contributed by atoms with Crippen LogP contribution < -0.4 is 27.0 Å². The topological polar surface area (TPSA) is 152 Å². The van der Waals surface area contributed by atoms with Crippen molar-refractivity contribution in [3.8, 4) is 0 Å². The molecule has 2 aromatic heterocycles. The number of primary amides is 2. The van der Waals surface area contributed by atoms with E-state index in [4.69, 9.17) is 11.5 Å². The largest absolute Gasteiger partial charge is 0.368 e. The van der Waals surface area contributed by atoms with Crippen molar-refractivity contribution in [2.75, 3.05) is 29.6 Å². The summed E-state index contributed by atoms with van der Waals surface area (Å²) in [6.45, 7) is 3.97. The maximum atomic E-state index is 11.7. The molecule has 150 valence electrons. The predicted molar refractivity (Wildman–Crippen MR) is 108 cm³/mol. The monoisotopic (exact) mass is 386 g/mol. The van der Waals surface area contributed by atoms with Crippen molar-refractivity contribution in [2.24, 2.45) is 17.4 Å². The lowest BCUT2D eigenvalue weighted by Gasteiger charge is -2.19. The number of pyridine rings is 1. The number of nitrogens with two attached hydrogens (primary N) is 2. The third-order valence-electron chi connectivity index (χ3n) is 3.84. The second kappa shape index (κ2) is 8.98. The van der Waals surface area contributed by atoms with Gasteiger partial charge < -0.3 is 27.0 Å². The molecule has 0 saturated carbocycles. The Morgan fingerprint density at radius 1 is 1.21 bits per heavy atom. The summed E-state index contributed by atoms with van der Waals surface area (Å²) >= 11 is 0. The molecular formula is C18H26N8O2. The molecule has 0 bridgehead atoms. The maximum absolute atomic E-state index is 11.7. The Kier molecular flexibility index (Phi) is 6.69. The third kappa shape index (κ3) is 5.53. The molecule has 1 atom stereocenters. The molecule has 10 heteroatoms. The van der Waals surface area contributed by atoms with Gasteiger partial charge in [-0.2, -0.15) is 0 Å². The van der Waals surface area contributed by atoms with Crippen molar-refractivity contribution in [3.63, 3.8) is 0 Å². The van der Waals surface area contributed by atoms with Gasteiger partial charge in [0.05, 0.1) is 6.20 Å². The van der Waals surface area contributed by atoms with E-state index in [1.54, 1.807) is 18.3 Å². The Labute approximate surface area is 163 Å². The Morgan fingerprint density at radius 3 is 2.50 bits per heavy atom. The lowest BCUT2D eigenvalue weighted by atomic mass is 10.0. The summed E-state index contributed by atoms with van der Waals surface area (Å²) in [5, 5.41) is 6.01. The average Bonchev–Trinajstić information content (AvgIpc) is 2.61. The Bertz CT molecular complexity index is 853. The third-order valence-corrected chi connectivity index (χ3v) is 3.84. The van der Waals surface area contributed by atoms with Crippen LogP contribution in [0.25, 0.3) is 0 Å².